The van der Waals surface area contributed by atoms with E-state index in [-0.39, 0.29) is 5.97 Å². The van der Waals surface area contributed by atoms with Crippen LogP contribution in [0.15, 0.2) is 54.6 Å². The fourth-order valence-corrected chi connectivity index (χ4v) is 3.28. The Morgan fingerprint density at radius 2 is 2.11 bits per heavy atom. The predicted molar refractivity (Wildman–Crippen MR) is 112 cm³/mol. The van der Waals surface area contributed by atoms with Crippen LogP contribution < -0.4 is 15.0 Å². The summed E-state index contributed by atoms with van der Waals surface area (Å²) in [6, 6.07) is 14.7. The van der Waals surface area contributed by atoms with Gasteiger partial charge in [0.2, 0.25) is 0 Å². The fourth-order valence-electron chi connectivity index (χ4n) is 3.28. The molecule has 5 heteroatoms. The Labute approximate surface area is 167 Å². The molecular weight excluding hydrogens is 352 g/mol. The summed E-state index contributed by atoms with van der Waals surface area (Å²) in [5, 5.41) is 3.34. The Morgan fingerprint density at radius 3 is 2.96 bits per heavy atom. The second-order valence-corrected chi connectivity index (χ2v) is 6.75. The third-order valence-corrected chi connectivity index (χ3v) is 4.61. The number of benzene rings is 2. The smallest absolute Gasteiger partial charge is 0.330 e. The molecule has 0 amide bonds. The van der Waals surface area contributed by atoms with Gasteiger partial charge in [-0.25, -0.2) is 4.79 Å². The molecule has 0 bridgehead atoms. The summed E-state index contributed by atoms with van der Waals surface area (Å²) < 4.78 is 10.9. The molecule has 1 heterocycles. The van der Waals surface area contributed by atoms with Crippen LogP contribution in [0.2, 0.25) is 0 Å². The van der Waals surface area contributed by atoms with Crippen LogP contribution >= 0.6 is 0 Å². The average molecular weight is 380 g/mol. The standard InChI is InChI=1S/C23H28N2O3/c1-3-27-23(26)10-6-13-24-14-7-15-25-20-9-5-4-8-19(20)17-28-22-12-11-18(2)16-21(22)25/h4-6,8-12,16,24H,3,7,13-15,17H2,1-2H3/b10-6+. The van der Waals surface area contributed by atoms with Gasteiger partial charge in [-0.15, -0.1) is 0 Å². The minimum atomic E-state index is -0.294. The molecule has 0 spiro atoms. The Morgan fingerprint density at radius 1 is 1.25 bits per heavy atom. The summed E-state index contributed by atoms with van der Waals surface area (Å²) in [6.45, 7) is 7.27. The average Bonchev–Trinajstić information content (AvgIpc) is 2.84. The van der Waals surface area contributed by atoms with Crippen molar-refractivity contribution >= 4 is 17.3 Å². The largest absolute Gasteiger partial charge is 0.487 e. The number of aryl methyl sites for hydroxylation is 1. The zero-order chi connectivity index (χ0) is 19.8. The van der Waals surface area contributed by atoms with Gasteiger partial charge in [0.25, 0.3) is 0 Å². The number of fused-ring (bicyclic) bond motifs is 2. The Hall–Kier alpha value is -2.79. The van der Waals surface area contributed by atoms with Gasteiger partial charge in [-0.05, 0) is 50.6 Å². The molecule has 3 rings (SSSR count). The van der Waals surface area contributed by atoms with Crippen LogP contribution in [-0.4, -0.2) is 32.2 Å². The maximum absolute atomic E-state index is 11.3. The first-order valence-corrected chi connectivity index (χ1v) is 9.82. The number of rotatable bonds is 8. The van der Waals surface area contributed by atoms with Gasteiger partial charge in [0.1, 0.15) is 12.4 Å². The molecular formula is C23H28N2O3. The van der Waals surface area contributed by atoms with Crippen LogP contribution in [0.1, 0.15) is 24.5 Å². The van der Waals surface area contributed by atoms with Crippen LogP contribution in [0, 0.1) is 6.92 Å². The first-order chi connectivity index (χ1) is 13.7. The number of hydrogen-bond donors (Lipinski definition) is 1. The summed E-state index contributed by atoms with van der Waals surface area (Å²) >= 11 is 0. The summed E-state index contributed by atoms with van der Waals surface area (Å²) in [7, 11) is 0. The SMILES string of the molecule is CCOC(=O)/C=C/CNCCCN1c2ccccc2COc2ccc(C)cc21. The van der Waals surface area contributed by atoms with Gasteiger partial charge >= 0.3 is 5.97 Å². The van der Waals surface area contributed by atoms with E-state index in [0.717, 1.165) is 30.9 Å². The van der Waals surface area contributed by atoms with E-state index >= 15 is 0 Å². The monoisotopic (exact) mass is 380 g/mol. The zero-order valence-electron chi connectivity index (χ0n) is 16.6. The lowest BCUT2D eigenvalue weighted by Gasteiger charge is -2.26. The van der Waals surface area contributed by atoms with Crippen molar-refractivity contribution in [3.8, 4) is 5.75 Å². The molecule has 28 heavy (non-hydrogen) atoms. The van der Waals surface area contributed by atoms with Crippen molar-refractivity contribution < 1.29 is 14.3 Å². The number of nitrogens with one attached hydrogen (secondary N) is 1. The molecule has 2 aromatic rings. The molecule has 1 aliphatic heterocycles. The second-order valence-electron chi connectivity index (χ2n) is 6.75. The van der Waals surface area contributed by atoms with E-state index in [9.17, 15) is 4.79 Å². The third-order valence-electron chi connectivity index (χ3n) is 4.61. The molecule has 0 saturated heterocycles. The van der Waals surface area contributed by atoms with Crippen LogP contribution in [0.3, 0.4) is 0 Å². The molecule has 2 aromatic carbocycles. The minimum absolute atomic E-state index is 0.294. The van der Waals surface area contributed by atoms with Gasteiger partial charge in [0.05, 0.1) is 12.3 Å². The molecule has 0 radical (unpaired) electrons. The van der Waals surface area contributed by atoms with Crippen LogP contribution in [0.4, 0.5) is 11.4 Å². The van der Waals surface area contributed by atoms with Gasteiger partial charge in [-0.3, -0.25) is 0 Å². The molecule has 5 nitrogen and oxygen atoms in total. The van der Waals surface area contributed by atoms with E-state index in [1.165, 1.54) is 22.9 Å². The maximum atomic E-state index is 11.3. The van der Waals surface area contributed by atoms with E-state index < -0.39 is 0 Å². The van der Waals surface area contributed by atoms with Crippen molar-refractivity contribution in [2.24, 2.45) is 0 Å². The summed E-state index contributed by atoms with van der Waals surface area (Å²) in [4.78, 5) is 13.6. The third kappa shape index (κ3) is 5.14. The van der Waals surface area contributed by atoms with Crippen molar-refractivity contribution in [3.05, 3.63) is 65.7 Å². The van der Waals surface area contributed by atoms with E-state index in [4.69, 9.17) is 9.47 Å². The minimum Gasteiger partial charge on any atom is -0.487 e. The highest BCUT2D eigenvalue weighted by Crippen LogP contribution is 2.39. The number of hydrogen-bond acceptors (Lipinski definition) is 5. The Balaban J connectivity index is 1.62. The van der Waals surface area contributed by atoms with Crippen LogP contribution in [0.25, 0.3) is 0 Å². The maximum Gasteiger partial charge on any atom is 0.330 e. The molecule has 1 N–H and O–H groups in total. The lowest BCUT2D eigenvalue weighted by Crippen LogP contribution is -2.24. The molecule has 0 unspecified atom stereocenters. The van der Waals surface area contributed by atoms with E-state index in [1.807, 2.05) is 0 Å². The molecule has 0 aliphatic carbocycles. The van der Waals surface area contributed by atoms with Crippen LogP contribution in [-0.2, 0) is 16.1 Å². The van der Waals surface area contributed by atoms with Crippen molar-refractivity contribution in [2.75, 3.05) is 31.1 Å². The van der Waals surface area contributed by atoms with Gasteiger partial charge in [0.15, 0.2) is 0 Å². The molecule has 148 valence electrons. The number of nitrogens with zero attached hydrogens (tertiary/aromatic N) is 1. The van der Waals surface area contributed by atoms with Crippen molar-refractivity contribution in [1.82, 2.24) is 5.32 Å². The van der Waals surface area contributed by atoms with Crippen molar-refractivity contribution in [3.63, 3.8) is 0 Å². The predicted octanol–water partition coefficient (Wildman–Crippen LogP) is 4.12. The fraction of sp³-hybridized carbons (Fsp3) is 0.348. The number of ether oxygens (including phenoxy) is 2. The highest BCUT2D eigenvalue weighted by atomic mass is 16.5. The number of para-hydroxylation sites is 1. The van der Waals surface area contributed by atoms with Gasteiger partial charge in [-0.1, -0.05) is 30.3 Å². The highest BCUT2D eigenvalue weighted by Gasteiger charge is 2.21. The quantitative estimate of drug-likeness (QED) is 0.424. The lowest BCUT2D eigenvalue weighted by molar-refractivity contribution is -0.137. The van der Waals surface area contributed by atoms with Crippen molar-refractivity contribution in [1.29, 1.82) is 0 Å². The van der Waals surface area contributed by atoms with E-state index in [2.05, 4.69) is 59.6 Å². The Kier molecular flexibility index (Phi) is 7.09. The lowest BCUT2D eigenvalue weighted by atomic mass is 10.1. The molecule has 1 aliphatic rings. The Bertz CT molecular complexity index is 832. The molecule has 0 saturated carbocycles. The zero-order valence-corrected chi connectivity index (χ0v) is 16.6. The molecule has 0 fully saturated rings. The van der Waals surface area contributed by atoms with Gasteiger partial charge in [-0.2, -0.15) is 0 Å². The number of esters is 1. The van der Waals surface area contributed by atoms with Gasteiger partial charge in [0, 0.05) is 30.4 Å². The normalized spacial score (nSPS) is 12.9. The number of carbonyl (C=O) groups is 1. The number of anilines is 2. The topological polar surface area (TPSA) is 50.8 Å². The first kappa shape index (κ1) is 20.0. The van der Waals surface area contributed by atoms with E-state index in [0.29, 0.717) is 19.8 Å². The summed E-state index contributed by atoms with van der Waals surface area (Å²) in [6.07, 6.45) is 4.23. The summed E-state index contributed by atoms with van der Waals surface area (Å²) in [5.74, 6) is 0.629. The summed E-state index contributed by atoms with van der Waals surface area (Å²) in [5.41, 5.74) is 4.73. The first-order valence-electron chi connectivity index (χ1n) is 9.82. The number of carbonyl (C=O) groups excluding carboxylic acids is 1. The molecule has 0 atom stereocenters. The van der Waals surface area contributed by atoms with Crippen LogP contribution in [0.5, 0.6) is 5.75 Å². The van der Waals surface area contributed by atoms with Gasteiger partial charge < -0.3 is 19.7 Å². The van der Waals surface area contributed by atoms with E-state index in [1.54, 1.807) is 13.0 Å². The highest BCUT2D eigenvalue weighted by molar-refractivity contribution is 5.81. The molecule has 0 aromatic heterocycles. The second kappa shape index (κ2) is 9.95. The van der Waals surface area contributed by atoms with Crippen molar-refractivity contribution in [2.45, 2.75) is 26.9 Å².